The molecule has 0 rings (SSSR count). The maximum Gasteiger partial charge on any atom is 0.408 e. The van der Waals surface area contributed by atoms with Gasteiger partial charge in [0.25, 0.3) is 0 Å². The van der Waals surface area contributed by atoms with Crippen LogP contribution in [-0.4, -0.2) is 34.4 Å². The first-order valence-corrected chi connectivity index (χ1v) is 6.27. The third kappa shape index (κ3) is 8.40. The van der Waals surface area contributed by atoms with Gasteiger partial charge >= 0.3 is 12.1 Å². The first-order chi connectivity index (χ1) is 7.24. The maximum atomic E-state index is 11.4. The van der Waals surface area contributed by atoms with Gasteiger partial charge in [-0.15, -0.1) is 11.8 Å². The Balaban J connectivity index is 4.02. The van der Waals surface area contributed by atoms with Crippen molar-refractivity contribution in [1.82, 2.24) is 5.32 Å². The summed E-state index contributed by atoms with van der Waals surface area (Å²) in [6, 6.07) is 0. The van der Waals surface area contributed by atoms with Crippen molar-refractivity contribution >= 4 is 23.8 Å². The molecular weight excluding hydrogens is 230 g/mol. The Labute approximate surface area is 99.9 Å². The summed E-state index contributed by atoms with van der Waals surface area (Å²) >= 11 is 1.39. The Morgan fingerprint density at radius 1 is 1.44 bits per heavy atom. The van der Waals surface area contributed by atoms with Crippen molar-refractivity contribution in [2.75, 3.05) is 6.26 Å². The van der Waals surface area contributed by atoms with Crippen LogP contribution in [0.2, 0.25) is 0 Å². The van der Waals surface area contributed by atoms with Crippen LogP contribution >= 0.6 is 11.8 Å². The van der Waals surface area contributed by atoms with Crippen LogP contribution in [0.4, 0.5) is 4.79 Å². The molecule has 0 aliphatic carbocycles. The van der Waals surface area contributed by atoms with Crippen LogP contribution in [-0.2, 0) is 9.53 Å². The Morgan fingerprint density at radius 2 is 2.00 bits per heavy atom. The third-order valence-electron chi connectivity index (χ3n) is 1.58. The molecule has 2 N–H and O–H groups in total. The fraction of sp³-hybridized carbons (Fsp3) is 0.800. The van der Waals surface area contributed by atoms with Crippen LogP contribution in [0.15, 0.2) is 0 Å². The van der Waals surface area contributed by atoms with E-state index in [2.05, 4.69) is 5.32 Å². The van der Waals surface area contributed by atoms with Crippen LogP contribution in [0.3, 0.4) is 0 Å². The Hall–Kier alpha value is -0.910. The number of ether oxygens (including phenoxy) is 1. The van der Waals surface area contributed by atoms with E-state index in [4.69, 9.17) is 9.84 Å². The minimum Gasteiger partial charge on any atom is -0.481 e. The highest BCUT2D eigenvalue weighted by molar-refractivity contribution is 7.99. The lowest BCUT2D eigenvalue weighted by Crippen LogP contribution is -2.37. The molecule has 1 unspecified atom stereocenters. The quantitative estimate of drug-likeness (QED) is 0.729. The third-order valence-corrected chi connectivity index (χ3v) is 2.51. The highest BCUT2D eigenvalue weighted by Crippen LogP contribution is 2.12. The normalized spacial score (nSPS) is 13.0. The lowest BCUT2D eigenvalue weighted by Gasteiger charge is -2.22. The number of aliphatic carboxylic acids is 1. The summed E-state index contributed by atoms with van der Waals surface area (Å²) in [5, 5.41) is 10.9. The van der Waals surface area contributed by atoms with Gasteiger partial charge in [-0.05, 0) is 33.4 Å². The SMILES string of the molecule is CSC(CCC(=O)O)NC(=O)OC(C)(C)C. The molecule has 0 aromatic carbocycles. The molecule has 16 heavy (non-hydrogen) atoms. The number of alkyl carbamates (subject to hydrolysis) is 1. The number of carbonyl (C=O) groups is 2. The van der Waals surface area contributed by atoms with Crippen molar-refractivity contribution in [3.05, 3.63) is 0 Å². The summed E-state index contributed by atoms with van der Waals surface area (Å²) in [6.07, 6.45) is 1.71. The Morgan fingerprint density at radius 3 is 2.38 bits per heavy atom. The molecule has 0 aromatic rings. The van der Waals surface area contributed by atoms with Crippen molar-refractivity contribution < 1.29 is 19.4 Å². The number of hydrogen-bond acceptors (Lipinski definition) is 4. The van der Waals surface area contributed by atoms with Gasteiger partial charge in [0.15, 0.2) is 0 Å². The molecule has 0 heterocycles. The summed E-state index contributed by atoms with van der Waals surface area (Å²) in [4.78, 5) is 21.8. The summed E-state index contributed by atoms with van der Waals surface area (Å²) in [5.41, 5.74) is -0.542. The van der Waals surface area contributed by atoms with E-state index in [-0.39, 0.29) is 11.8 Å². The van der Waals surface area contributed by atoms with Crippen LogP contribution in [0.25, 0.3) is 0 Å². The highest BCUT2D eigenvalue weighted by atomic mass is 32.2. The van der Waals surface area contributed by atoms with Crippen molar-refractivity contribution in [3.63, 3.8) is 0 Å². The van der Waals surface area contributed by atoms with Crippen molar-refractivity contribution in [3.8, 4) is 0 Å². The minimum absolute atomic E-state index is 0.0291. The predicted octanol–water partition coefficient (Wildman–Crippen LogP) is 2.06. The second-order valence-electron chi connectivity index (χ2n) is 4.30. The van der Waals surface area contributed by atoms with E-state index >= 15 is 0 Å². The maximum absolute atomic E-state index is 11.4. The summed E-state index contributed by atoms with van der Waals surface area (Å²) in [5.74, 6) is -0.870. The van der Waals surface area contributed by atoms with Gasteiger partial charge in [-0.1, -0.05) is 0 Å². The zero-order valence-electron chi connectivity index (χ0n) is 10.1. The number of hydrogen-bond donors (Lipinski definition) is 2. The monoisotopic (exact) mass is 249 g/mol. The zero-order chi connectivity index (χ0) is 12.8. The van der Waals surface area contributed by atoms with Gasteiger partial charge in [0.1, 0.15) is 5.60 Å². The summed E-state index contributed by atoms with van der Waals surface area (Å²) < 4.78 is 5.07. The molecule has 0 fully saturated rings. The second-order valence-corrected chi connectivity index (χ2v) is 5.34. The standard InChI is InChI=1S/C10H19NO4S/c1-10(2,3)15-9(14)11-7(16-4)5-6-8(12)13/h7H,5-6H2,1-4H3,(H,11,14)(H,12,13). The average molecular weight is 249 g/mol. The summed E-state index contributed by atoms with van der Waals surface area (Å²) in [6.45, 7) is 5.33. The molecule has 0 aliphatic rings. The molecular formula is C10H19NO4S. The van der Waals surface area contributed by atoms with E-state index in [1.807, 2.05) is 6.26 Å². The van der Waals surface area contributed by atoms with E-state index in [0.29, 0.717) is 6.42 Å². The smallest absolute Gasteiger partial charge is 0.408 e. The lowest BCUT2D eigenvalue weighted by molar-refractivity contribution is -0.137. The van der Waals surface area contributed by atoms with Crippen LogP contribution in [0, 0.1) is 0 Å². The van der Waals surface area contributed by atoms with E-state index < -0.39 is 17.7 Å². The van der Waals surface area contributed by atoms with Crippen LogP contribution < -0.4 is 5.32 Å². The van der Waals surface area contributed by atoms with E-state index in [0.717, 1.165) is 0 Å². The molecule has 0 aromatic heterocycles. The van der Waals surface area contributed by atoms with Gasteiger partial charge in [-0.25, -0.2) is 4.79 Å². The van der Waals surface area contributed by atoms with Gasteiger partial charge in [0.2, 0.25) is 0 Å². The fourth-order valence-electron chi connectivity index (χ4n) is 0.943. The van der Waals surface area contributed by atoms with Crippen molar-refractivity contribution in [2.45, 2.75) is 44.6 Å². The number of nitrogens with one attached hydrogen (secondary N) is 1. The van der Waals surface area contributed by atoms with Gasteiger partial charge in [-0.3, -0.25) is 4.79 Å². The topological polar surface area (TPSA) is 75.6 Å². The molecule has 1 amide bonds. The molecule has 0 radical (unpaired) electrons. The molecule has 0 bridgehead atoms. The molecule has 6 heteroatoms. The lowest BCUT2D eigenvalue weighted by atomic mass is 10.2. The first-order valence-electron chi connectivity index (χ1n) is 4.98. The molecule has 1 atom stereocenters. The van der Waals surface area contributed by atoms with Crippen LogP contribution in [0.1, 0.15) is 33.6 Å². The average Bonchev–Trinajstić information content (AvgIpc) is 2.08. The number of carboxylic acid groups (broad SMARTS) is 1. The second kappa shape index (κ2) is 6.62. The minimum atomic E-state index is -0.870. The fourth-order valence-corrected chi connectivity index (χ4v) is 1.51. The number of rotatable bonds is 5. The predicted molar refractivity (Wildman–Crippen MR) is 63.5 cm³/mol. The molecule has 0 saturated carbocycles. The van der Waals surface area contributed by atoms with Gasteiger partial charge in [-0.2, -0.15) is 0 Å². The molecule has 5 nitrogen and oxygen atoms in total. The van der Waals surface area contributed by atoms with Crippen molar-refractivity contribution in [2.24, 2.45) is 0 Å². The highest BCUT2D eigenvalue weighted by Gasteiger charge is 2.19. The molecule has 0 saturated heterocycles. The van der Waals surface area contributed by atoms with E-state index in [1.54, 1.807) is 20.8 Å². The largest absolute Gasteiger partial charge is 0.481 e. The molecule has 0 aliphatic heterocycles. The number of carboxylic acids is 1. The van der Waals surface area contributed by atoms with Crippen molar-refractivity contribution in [1.29, 1.82) is 0 Å². The Bertz CT molecular complexity index is 250. The number of amides is 1. The number of thioether (sulfide) groups is 1. The summed E-state index contributed by atoms with van der Waals surface area (Å²) in [7, 11) is 0. The van der Waals surface area contributed by atoms with E-state index in [9.17, 15) is 9.59 Å². The Kier molecular flexibility index (Phi) is 6.25. The molecule has 94 valence electrons. The number of carbonyl (C=O) groups excluding carboxylic acids is 1. The van der Waals surface area contributed by atoms with Gasteiger partial charge in [0, 0.05) is 6.42 Å². The first kappa shape index (κ1) is 15.1. The molecule has 0 spiro atoms. The van der Waals surface area contributed by atoms with E-state index in [1.165, 1.54) is 11.8 Å². The van der Waals surface area contributed by atoms with Crippen LogP contribution in [0.5, 0.6) is 0 Å². The van der Waals surface area contributed by atoms with Gasteiger partial charge < -0.3 is 15.2 Å². The zero-order valence-corrected chi connectivity index (χ0v) is 10.9. The van der Waals surface area contributed by atoms with Gasteiger partial charge in [0.05, 0.1) is 5.37 Å².